The first kappa shape index (κ1) is 11.0. The van der Waals surface area contributed by atoms with Gasteiger partial charge in [0.1, 0.15) is 13.2 Å². The molecule has 18 heavy (non-hydrogen) atoms. The number of hydrogen-bond acceptors (Lipinski definition) is 5. The van der Waals surface area contributed by atoms with Gasteiger partial charge in [-0.3, -0.25) is 0 Å². The average Bonchev–Trinajstić information content (AvgIpc) is 2.47. The van der Waals surface area contributed by atoms with Crippen LogP contribution in [0, 0.1) is 0 Å². The summed E-state index contributed by atoms with van der Waals surface area (Å²) >= 11 is 0. The van der Waals surface area contributed by atoms with Crippen molar-refractivity contribution in [3.05, 3.63) is 36.2 Å². The van der Waals surface area contributed by atoms with E-state index in [0.29, 0.717) is 25.6 Å². The molecule has 0 fully saturated rings. The van der Waals surface area contributed by atoms with Gasteiger partial charge >= 0.3 is 0 Å². The Morgan fingerprint density at radius 2 is 1.94 bits per heavy atom. The van der Waals surface area contributed by atoms with E-state index in [1.807, 2.05) is 24.3 Å². The summed E-state index contributed by atoms with van der Waals surface area (Å²) in [6.45, 7) is 1.56. The van der Waals surface area contributed by atoms with Crippen LogP contribution in [-0.2, 0) is 6.54 Å². The van der Waals surface area contributed by atoms with Crippen LogP contribution in [0.1, 0.15) is 5.69 Å². The van der Waals surface area contributed by atoms with Crippen molar-refractivity contribution in [2.75, 3.05) is 13.2 Å². The van der Waals surface area contributed by atoms with Gasteiger partial charge in [-0.05, 0) is 24.3 Å². The van der Waals surface area contributed by atoms with Crippen LogP contribution < -0.4 is 15.2 Å². The normalized spacial score (nSPS) is 13.4. The van der Waals surface area contributed by atoms with Crippen LogP contribution >= 0.6 is 0 Å². The second-order valence-corrected chi connectivity index (χ2v) is 3.93. The fourth-order valence-corrected chi connectivity index (χ4v) is 1.83. The van der Waals surface area contributed by atoms with Gasteiger partial charge < -0.3 is 15.2 Å². The smallest absolute Gasteiger partial charge is 0.162 e. The summed E-state index contributed by atoms with van der Waals surface area (Å²) in [4.78, 5) is 8.62. The minimum absolute atomic E-state index is 0.403. The van der Waals surface area contributed by atoms with Crippen molar-refractivity contribution in [3.8, 4) is 22.9 Å². The Kier molecular flexibility index (Phi) is 2.82. The zero-order valence-electron chi connectivity index (χ0n) is 9.80. The van der Waals surface area contributed by atoms with E-state index in [-0.39, 0.29) is 0 Å². The molecule has 0 saturated heterocycles. The maximum atomic E-state index is 5.57. The first-order chi connectivity index (χ1) is 8.86. The number of fused-ring (bicyclic) bond motifs is 1. The van der Waals surface area contributed by atoms with Gasteiger partial charge in [-0.2, -0.15) is 0 Å². The third kappa shape index (κ3) is 2.00. The molecule has 0 bridgehead atoms. The van der Waals surface area contributed by atoms with Crippen LogP contribution in [0.15, 0.2) is 30.5 Å². The fourth-order valence-electron chi connectivity index (χ4n) is 1.83. The van der Waals surface area contributed by atoms with E-state index >= 15 is 0 Å². The van der Waals surface area contributed by atoms with E-state index < -0.39 is 0 Å². The molecule has 0 spiro atoms. The second kappa shape index (κ2) is 4.62. The summed E-state index contributed by atoms with van der Waals surface area (Å²) in [5.74, 6) is 2.15. The lowest BCUT2D eigenvalue weighted by Gasteiger charge is -2.18. The van der Waals surface area contributed by atoms with Crippen molar-refractivity contribution in [2.24, 2.45) is 5.73 Å². The Bertz CT molecular complexity index is 572. The predicted molar refractivity (Wildman–Crippen MR) is 66.3 cm³/mol. The van der Waals surface area contributed by atoms with Crippen molar-refractivity contribution < 1.29 is 9.47 Å². The average molecular weight is 243 g/mol. The van der Waals surface area contributed by atoms with Crippen LogP contribution in [-0.4, -0.2) is 23.2 Å². The van der Waals surface area contributed by atoms with Crippen molar-refractivity contribution in [2.45, 2.75) is 6.54 Å². The lowest BCUT2D eigenvalue weighted by atomic mass is 10.1. The molecule has 0 unspecified atom stereocenters. The molecular weight excluding hydrogens is 230 g/mol. The number of nitrogens with zero attached hydrogens (tertiary/aromatic N) is 2. The Morgan fingerprint density at radius 3 is 2.78 bits per heavy atom. The van der Waals surface area contributed by atoms with Crippen LogP contribution in [0.2, 0.25) is 0 Å². The van der Waals surface area contributed by atoms with E-state index in [1.165, 1.54) is 0 Å². The Morgan fingerprint density at radius 1 is 1.11 bits per heavy atom. The Labute approximate surface area is 105 Å². The van der Waals surface area contributed by atoms with Gasteiger partial charge in [0.25, 0.3) is 0 Å². The van der Waals surface area contributed by atoms with E-state index in [4.69, 9.17) is 15.2 Å². The summed E-state index contributed by atoms with van der Waals surface area (Å²) in [5.41, 5.74) is 7.29. The number of ether oxygens (including phenoxy) is 2. The molecule has 0 atom stereocenters. The predicted octanol–water partition coefficient (Wildman–Crippen LogP) is 1.37. The largest absolute Gasteiger partial charge is 0.486 e. The molecule has 5 heteroatoms. The van der Waals surface area contributed by atoms with Crippen LogP contribution in [0.4, 0.5) is 0 Å². The number of nitrogens with two attached hydrogens (primary N) is 1. The highest BCUT2D eigenvalue weighted by Crippen LogP contribution is 2.33. The maximum absolute atomic E-state index is 5.57. The topological polar surface area (TPSA) is 70.3 Å². The molecule has 1 aliphatic heterocycles. The van der Waals surface area contributed by atoms with E-state index in [1.54, 1.807) is 6.20 Å². The van der Waals surface area contributed by atoms with Gasteiger partial charge in [-0.15, -0.1) is 0 Å². The Hall–Kier alpha value is -2.14. The highest BCUT2D eigenvalue weighted by Gasteiger charge is 2.13. The molecule has 2 aromatic rings. The molecule has 2 heterocycles. The second-order valence-electron chi connectivity index (χ2n) is 3.93. The molecule has 1 aliphatic rings. The molecule has 1 aromatic heterocycles. The van der Waals surface area contributed by atoms with Gasteiger partial charge in [0.05, 0.1) is 5.69 Å². The molecule has 3 rings (SSSR count). The Balaban J connectivity index is 2.00. The molecule has 0 radical (unpaired) electrons. The number of benzene rings is 1. The van der Waals surface area contributed by atoms with Crippen LogP contribution in [0.25, 0.3) is 11.4 Å². The fraction of sp³-hybridized carbons (Fsp3) is 0.231. The summed E-state index contributed by atoms with van der Waals surface area (Å²) in [7, 11) is 0. The number of aromatic nitrogens is 2. The molecule has 0 amide bonds. The monoisotopic (exact) mass is 243 g/mol. The van der Waals surface area contributed by atoms with Gasteiger partial charge in [0.15, 0.2) is 17.3 Å². The summed E-state index contributed by atoms with van der Waals surface area (Å²) in [6.07, 6.45) is 1.71. The molecule has 5 nitrogen and oxygen atoms in total. The van der Waals surface area contributed by atoms with Crippen LogP contribution in [0.5, 0.6) is 11.5 Å². The molecule has 92 valence electrons. The zero-order chi connectivity index (χ0) is 12.4. The minimum atomic E-state index is 0.403. The van der Waals surface area contributed by atoms with Crippen molar-refractivity contribution in [1.82, 2.24) is 9.97 Å². The molecule has 0 aliphatic carbocycles. The maximum Gasteiger partial charge on any atom is 0.162 e. The van der Waals surface area contributed by atoms with Gasteiger partial charge in [-0.1, -0.05) is 0 Å². The summed E-state index contributed by atoms with van der Waals surface area (Å²) in [6, 6.07) is 7.50. The van der Waals surface area contributed by atoms with E-state index in [0.717, 1.165) is 22.8 Å². The minimum Gasteiger partial charge on any atom is -0.486 e. The van der Waals surface area contributed by atoms with Crippen LogP contribution in [0.3, 0.4) is 0 Å². The quantitative estimate of drug-likeness (QED) is 0.862. The molecule has 2 N–H and O–H groups in total. The number of hydrogen-bond donors (Lipinski definition) is 1. The van der Waals surface area contributed by atoms with Gasteiger partial charge in [-0.25, -0.2) is 9.97 Å². The van der Waals surface area contributed by atoms with Gasteiger partial charge in [0, 0.05) is 18.3 Å². The summed E-state index contributed by atoms with van der Waals surface area (Å²) < 4.78 is 11.0. The van der Waals surface area contributed by atoms with Gasteiger partial charge in [0.2, 0.25) is 0 Å². The molecule has 0 saturated carbocycles. The van der Waals surface area contributed by atoms with Crippen molar-refractivity contribution in [3.63, 3.8) is 0 Å². The lowest BCUT2D eigenvalue weighted by Crippen LogP contribution is -2.15. The SMILES string of the molecule is NCc1ccnc(-c2ccc3c(c2)OCCO3)n1. The van der Waals surface area contributed by atoms with Crippen molar-refractivity contribution in [1.29, 1.82) is 0 Å². The van der Waals surface area contributed by atoms with Crippen molar-refractivity contribution >= 4 is 0 Å². The third-order valence-corrected chi connectivity index (χ3v) is 2.72. The van der Waals surface area contributed by atoms with E-state index in [2.05, 4.69) is 9.97 Å². The number of rotatable bonds is 2. The highest BCUT2D eigenvalue weighted by molar-refractivity contribution is 5.61. The molecular formula is C13H13N3O2. The summed E-state index contributed by atoms with van der Waals surface area (Å²) in [5, 5.41) is 0. The zero-order valence-corrected chi connectivity index (χ0v) is 9.80. The third-order valence-electron chi connectivity index (χ3n) is 2.72. The first-order valence-electron chi connectivity index (χ1n) is 5.79. The van der Waals surface area contributed by atoms with E-state index in [9.17, 15) is 0 Å². The highest BCUT2D eigenvalue weighted by atomic mass is 16.6. The first-order valence-corrected chi connectivity index (χ1v) is 5.79. The molecule has 1 aromatic carbocycles. The standard InChI is InChI=1S/C13H13N3O2/c14-8-10-3-4-15-13(16-10)9-1-2-11-12(7-9)18-6-5-17-11/h1-4,7H,5-6,8,14H2. The lowest BCUT2D eigenvalue weighted by molar-refractivity contribution is 0.171.